The number of nitrogens with zero attached hydrogens (tertiary/aromatic N) is 3. The molecule has 11 heteroatoms. The Bertz CT molecular complexity index is 1370. The third kappa shape index (κ3) is 5.67. The standard InChI is InChI=1S/C28H31F3N6O2/c1-14(2)37-21(10-11-33-37)27(38)36-24(23(16-4-5-16)17-6-7-17)28(39)35-22-9-8-18(26(31)34-22)19-12-32-13-20(15(19)3)25(29)30/h8-14,16-17,23-25H,4-7H2,1-3H3,(H,36,38)(H,34,35,39)/p+1/t24-/m0/s1. The molecule has 206 valence electrons. The van der Waals surface area contributed by atoms with Crippen molar-refractivity contribution >= 4 is 17.6 Å². The number of aromatic nitrogens is 4. The van der Waals surface area contributed by atoms with Crippen molar-refractivity contribution in [2.45, 2.75) is 65.0 Å². The van der Waals surface area contributed by atoms with Crippen molar-refractivity contribution in [3.05, 3.63) is 59.6 Å². The Morgan fingerprint density at radius 1 is 1.05 bits per heavy atom. The Labute approximate surface area is 224 Å². The Hall–Kier alpha value is -3.76. The molecule has 2 fully saturated rings. The molecular weight excluding hydrogens is 509 g/mol. The van der Waals surface area contributed by atoms with Gasteiger partial charge in [0, 0.05) is 17.8 Å². The lowest BCUT2D eigenvalue weighted by molar-refractivity contribution is -0.378. The lowest BCUT2D eigenvalue weighted by Gasteiger charge is -2.27. The van der Waals surface area contributed by atoms with Crippen molar-refractivity contribution in [3.63, 3.8) is 0 Å². The van der Waals surface area contributed by atoms with Crippen LogP contribution >= 0.6 is 0 Å². The molecule has 39 heavy (non-hydrogen) atoms. The predicted octanol–water partition coefficient (Wildman–Crippen LogP) is 4.90. The monoisotopic (exact) mass is 541 g/mol. The summed E-state index contributed by atoms with van der Waals surface area (Å²) in [5.41, 5.74) is 0.657. The van der Waals surface area contributed by atoms with Gasteiger partial charge in [-0.1, -0.05) is 0 Å². The number of aromatic amines is 1. The Kier molecular flexibility index (Phi) is 7.42. The van der Waals surface area contributed by atoms with Gasteiger partial charge in [0.1, 0.15) is 17.6 Å². The molecular formula is C28H32F3N6O2+. The molecule has 3 heterocycles. The van der Waals surface area contributed by atoms with Gasteiger partial charge < -0.3 is 10.6 Å². The number of pyridine rings is 2. The van der Waals surface area contributed by atoms with Gasteiger partial charge in [0.25, 0.3) is 12.3 Å². The molecule has 0 saturated heterocycles. The Morgan fingerprint density at radius 2 is 1.74 bits per heavy atom. The number of carbonyl (C=O) groups excluding carboxylic acids is 2. The zero-order valence-corrected chi connectivity index (χ0v) is 22.0. The van der Waals surface area contributed by atoms with E-state index in [1.807, 2.05) is 13.8 Å². The minimum absolute atomic E-state index is 0.0234. The summed E-state index contributed by atoms with van der Waals surface area (Å²) in [6, 6.07) is 3.59. The average Bonchev–Trinajstić information content (AvgIpc) is 3.83. The molecule has 3 aromatic rings. The molecule has 2 saturated carbocycles. The van der Waals surface area contributed by atoms with E-state index in [4.69, 9.17) is 0 Å². The average molecular weight is 542 g/mol. The maximum Gasteiger partial charge on any atom is 0.270 e. The molecule has 3 N–H and O–H groups in total. The van der Waals surface area contributed by atoms with Crippen LogP contribution in [-0.4, -0.2) is 32.6 Å². The Balaban J connectivity index is 1.39. The molecule has 0 radical (unpaired) electrons. The van der Waals surface area contributed by atoms with Gasteiger partial charge in [-0.2, -0.15) is 9.49 Å². The first-order chi connectivity index (χ1) is 18.7. The number of hydrogen-bond donors (Lipinski definition) is 2. The number of hydrogen-bond acceptors (Lipinski definition) is 4. The van der Waals surface area contributed by atoms with E-state index in [0.717, 1.165) is 25.7 Å². The quantitative estimate of drug-likeness (QED) is 0.357. The van der Waals surface area contributed by atoms with Crippen molar-refractivity contribution in [1.29, 1.82) is 0 Å². The summed E-state index contributed by atoms with van der Waals surface area (Å²) in [6.45, 7) is 5.32. The van der Waals surface area contributed by atoms with Gasteiger partial charge >= 0.3 is 0 Å². The molecule has 2 aliphatic rings. The van der Waals surface area contributed by atoms with Crippen LogP contribution in [0.15, 0.2) is 36.8 Å². The first-order valence-corrected chi connectivity index (χ1v) is 13.3. The van der Waals surface area contributed by atoms with Gasteiger partial charge in [-0.3, -0.25) is 14.3 Å². The number of halogens is 3. The third-order valence-electron chi connectivity index (χ3n) is 7.61. The van der Waals surface area contributed by atoms with Crippen molar-refractivity contribution in [1.82, 2.24) is 20.1 Å². The molecule has 2 amide bonds. The first-order valence-electron chi connectivity index (χ1n) is 13.3. The van der Waals surface area contributed by atoms with Crippen LogP contribution in [0.4, 0.5) is 19.0 Å². The lowest BCUT2D eigenvalue weighted by Crippen LogP contribution is -2.50. The Morgan fingerprint density at radius 3 is 2.33 bits per heavy atom. The summed E-state index contributed by atoms with van der Waals surface area (Å²) in [6.07, 6.45) is 5.45. The second kappa shape index (κ2) is 10.8. The zero-order valence-electron chi connectivity index (χ0n) is 22.0. The molecule has 2 aliphatic carbocycles. The van der Waals surface area contributed by atoms with Crippen molar-refractivity contribution in [3.8, 4) is 11.1 Å². The van der Waals surface area contributed by atoms with Crippen LogP contribution in [0.25, 0.3) is 11.1 Å². The summed E-state index contributed by atoms with van der Waals surface area (Å²) in [4.78, 5) is 33.4. The number of nitrogens with one attached hydrogen (secondary N) is 3. The van der Waals surface area contributed by atoms with E-state index in [-0.39, 0.29) is 40.0 Å². The van der Waals surface area contributed by atoms with Gasteiger partial charge in [-0.25, -0.2) is 18.7 Å². The number of carbonyl (C=O) groups is 2. The number of anilines is 1. The lowest BCUT2D eigenvalue weighted by atomic mass is 9.88. The van der Waals surface area contributed by atoms with Crippen LogP contribution in [0.1, 0.15) is 73.6 Å². The van der Waals surface area contributed by atoms with E-state index >= 15 is 4.39 Å². The molecule has 5 rings (SSSR count). The number of amides is 2. The molecule has 0 bridgehead atoms. The number of H-pyrrole nitrogens is 1. The predicted molar refractivity (Wildman–Crippen MR) is 137 cm³/mol. The summed E-state index contributed by atoms with van der Waals surface area (Å²) in [7, 11) is 0. The van der Waals surface area contributed by atoms with Gasteiger partial charge in [-0.05, 0) is 88.0 Å². The van der Waals surface area contributed by atoms with E-state index in [2.05, 4.69) is 25.7 Å². The number of alkyl halides is 2. The fourth-order valence-corrected chi connectivity index (χ4v) is 5.35. The van der Waals surface area contributed by atoms with Crippen LogP contribution in [0.3, 0.4) is 0 Å². The highest BCUT2D eigenvalue weighted by atomic mass is 19.3. The second-order valence-electron chi connectivity index (χ2n) is 10.7. The third-order valence-corrected chi connectivity index (χ3v) is 7.61. The van der Waals surface area contributed by atoms with Crippen LogP contribution in [0, 0.1) is 30.6 Å². The number of rotatable bonds is 10. The molecule has 0 aromatic carbocycles. The highest BCUT2D eigenvalue weighted by Crippen LogP contribution is 2.51. The van der Waals surface area contributed by atoms with Crippen molar-refractivity contribution in [2.24, 2.45) is 17.8 Å². The molecule has 3 aromatic heterocycles. The highest BCUT2D eigenvalue weighted by molar-refractivity contribution is 6.00. The summed E-state index contributed by atoms with van der Waals surface area (Å²) < 4.78 is 43.4. The van der Waals surface area contributed by atoms with Crippen molar-refractivity contribution < 1.29 is 27.7 Å². The van der Waals surface area contributed by atoms with Gasteiger partial charge in [0.15, 0.2) is 12.4 Å². The fraction of sp³-hybridized carbons (Fsp3) is 0.464. The summed E-state index contributed by atoms with van der Waals surface area (Å²) in [5.74, 6) is -1.13. The maximum absolute atomic E-state index is 15.1. The zero-order chi connectivity index (χ0) is 27.8. The van der Waals surface area contributed by atoms with Gasteiger partial charge in [0.05, 0.1) is 11.1 Å². The SMILES string of the molecule is Cc1c(-c2ccc(NC(=O)[C@@H](NC(=O)c3ccnn3C(C)C)C(C3CC3)C3CC3)nc2F)c[nH+]cc1C(F)F. The molecule has 0 unspecified atom stereocenters. The topological polar surface area (TPSA) is 103 Å². The van der Waals surface area contributed by atoms with E-state index < -0.39 is 30.2 Å². The first kappa shape index (κ1) is 26.8. The molecule has 8 nitrogen and oxygen atoms in total. The minimum atomic E-state index is -2.71. The molecule has 0 spiro atoms. The van der Waals surface area contributed by atoms with E-state index in [9.17, 15) is 18.4 Å². The minimum Gasteiger partial charge on any atom is -0.339 e. The largest absolute Gasteiger partial charge is 0.339 e. The van der Waals surface area contributed by atoms with E-state index in [0.29, 0.717) is 17.5 Å². The van der Waals surface area contributed by atoms with Crippen molar-refractivity contribution in [2.75, 3.05) is 5.32 Å². The summed E-state index contributed by atoms with van der Waals surface area (Å²) >= 11 is 0. The second-order valence-corrected chi connectivity index (χ2v) is 10.7. The van der Waals surface area contributed by atoms with Crippen LogP contribution in [0.2, 0.25) is 0 Å². The van der Waals surface area contributed by atoms with Crippen LogP contribution in [-0.2, 0) is 4.79 Å². The molecule has 1 atom stereocenters. The summed E-state index contributed by atoms with van der Waals surface area (Å²) in [5, 5.41) is 9.85. The highest BCUT2D eigenvalue weighted by Gasteiger charge is 2.48. The smallest absolute Gasteiger partial charge is 0.270 e. The van der Waals surface area contributed by atoms with Gasteiger partial charge in [-0.15, -0.1) is 0 Å². The van der Waals surface area contributed by atoms with E-state index in [1.54, 1.807) is 16.9 Å². The van der Waals surface area contributed by atoms with Gasteiger partial charge in [0.2, 0.25) is 11.9 Å². The fourth-order valence-electron chi connectivity index (χ4n) is 5.35. The van der Waals surface area contributed by atoms with E-state index in [1.165, 1.54) is 31.5 Å². The normalized spacial score (nSPS) is 16.1. The molecule has 0 aliphatic heterocycles. The van der Waals surface area contributed by atoms with Crippen LogP contribution < -0.4 is 15.6 Å². The maximum atomic E-state index is 15.1. The van der Waals surface area contributed by atoms with Crippen LogP contribution in [0.5, 0.6) is 0 Å².